The lowest BCUT2D eigenvalue weighted by molar-refractivity contribution is -0.104. The molecule has 0 amide bonds. The maximum absolute atomic E-state index is 11.0. The van der Waals surface area contributed by atoms with Crippen LogP contribution >= 0.6 is 0 Å². The predicted octanol–water partition coefficient (Wildman–Crippen LogP) is 0.243. The number of nitrogens with two attached hydrogens (primary N) is 1. The van der Waals surface area contributed by atoms with Crippen molar-refractivity contribution in [1.82, 2.24) is 10.6 Å². The Balaban J connectivity index is 5.59. The molecule has 20 heavy (non-hydrogen) atoms. The van der Waals surface area contributed by atoms with Crippen molar-refractivity contribution in [2.75, 3.05) is 20.1 Å². The van der Waals surface area contributed by atoms with Gasteiger partial charge >= 0.3 is 0 Å². The Kier molecular flexibility index (Phi) is 8.56. The second kappa shape index (κ2) is 9.65. The minimum Gasteiger partial charge on any atom is -0.388 e. The van der Waals surface area contributed by atoms with Gasteiger partial charge in [0.05, 0.1) is 5.70 Å². The average molecular weight is 270 g/mol. The molecule has 0 aliphatic rings. The van der Waals surface area contributed by atoms with Gasteiger partial charge < -0.3 is 16.4 Å². The van der Waals surface area contributed by atoms with Crippen molar-refractivity contribution in [3.63, 3.8) is 0 Å². The molecule has 0 spiro atoms. The lowest BCUT2D eigenvalue weighted by atomic mass is 9.97. The van der Waals surface area contributed by atoms with Crippen LogP contribution in [0.4, 0.5) is 0 Å². The van der Waals surface area contributed by atoms with Gasteiger partial charge in [-0.3, -0.25) is 4.79 Å². The Morgan fingerprint density at radius 2 is 2.15 bits per heavy atom. The first-order chi connectivity index (χ1) is 9.51. The van der Waals surface area contributed by atoms with Crippen molar-refractivity contribution >= 4 is 14.1 Å². The van der Waals surface area contributed by atoms with E-state index in [1.165, 1.54) is 0 Å². The van der Waals surface area contributed by atoms with Gasteiger partial charge in [0.15, 0.2) is 6.29 Å². The summed E-state index contributed by atoms with van der Waals surface area (Å²) in [5, 5.41) is 14.9. The maximum atomic E-state index is 11.0. The van der Waals surface area contributed by atoms with E-state index in [0.29, 0.717) is 41.8 Å². The van der Waals surface area contributed by atoms with Gasteiger partial charge in [0, 0.05) is 31.4 Å². The van der Waals surface area contributed by atoms with E-state index in [4.69, 9.17) is 18.8 Å². The number of hydrogen-bond acceptors (Lipinski definition) is 5. The van der Waals surface area contributed by atoms with E-state index in [-0.39, 0.29) is 5.57 Å². The molecule has 0 atom stereocenters. The number of likely N-dealkylation sites (N-methyl/N-ethyl adjacent to an activating group) is 1. The van der Waals surface area contributed by atoms with Gasteiger partial charge in [0.1, 0.15) is 19.5 Å². The highest BCUT2D eigenvalue weighted by molar-refractivity contribution is 6.21. The molecule has 0 aliphatic carbocycles. The van der Waals surface area contributed by atoms with E-state index in [0.717, 1.165) is 0 Å². The molecule has 0 bridgehead atoms. The van der Waals surface area contributed by atoms with E-state index in [1.807, 2.05) is 6.07 Å². The standard InChI is InChI=1S/C14H19BN4O/c1-10(15)4-5-13(18-3)11(2)14(19-7-6-16)12(8-17)9-20/h4-5,9,18-19H,2,6-7,16H2,1,3H3/b10-4+,13-5+,14-12+. The Labute approximate surface area is 121 Å². The smallest absolute Gasteiger partial charge is 0.162 e. The summed E-state index contributed by atoms with van der Waals surface area (Å²) in [5.41, 5.74) is 7.51. The number of carbonyl (C=O) groups excluding carboxylic acids is 1. The predicted molar refractivity (Wildman–Crippen MR) is 81.6 cm³/mol. The van der Waals surface area contributed by atoms with Crippen LogP contribution in [0.5, 0.6) is 0 Å². The number of nitrogens with zero attached hydrogens (tertiary/aromatic N) is 1. The van der Waals surface area contributed by atoms with Crippen molar-refractivity contribution in [1.29, 1.82) is 5.26 Å². The van der Waals surface area contributed by atoms with E-state index in [1.54, 1.807) is 26.1 Å². The van der Waals surface area contributed by atoms with Crippen LogP contribution in [0.2, 0.25) is 0 Å². The van der Waals surface area contributed by atoms with Gasteiger partial charge in [-0.05, 0) is 6.08 Å². The van der Waals surface area contributed by atoms with Crippen LogP contribution in [-0.4, -0.2) is 34.3 Å². The zero-order valence-electron chi connectivity index (χ0n) is 11.9. The highest BCUT2D eigenvalue weighted by Crippen LogP contribution is 2.16. The van der Waals surface area contributed by atoms with E-state index in [2.05, 4.69) is 17.2 Å². The number of rotatable bonds is 8. The topological polar surface area (TPSA) is 90.9 Å². The van der Waals surface area contributed by atoms with Crippen molar-refractivity contribution in [2.24, 2.45) is 5.73 Å². The quantitative estimate of drug-likeness (QED) is 0.193. The number of aldehydes is 1. The molecule has 0 fully saturated rings. The zero-order valence-corrected chi connectivity index (χ0v) is 11.9. The van der Waals surface area contributed by atoms with Crippen molar-refractivity contribution in [2.45, 2.75) is 6.92 Å². The number of hydrogen-bond donors (Lipinski definition) is 3. The fourth-order valence-electron chi connectivity index (χ4n) is 1.39. The summed E-state index contributed by atoms with van der Waals surface area (Å²) in [6.07, 6.45) is 3.91. The first kappa shape index (κ1) is 17.7. The fraction of sp³-hybridized carbons (Fsp3) is 0.286. The molecule has 0 saturated heterocycles. The molecule has 0 aromatic carbocycles. The van der Waals surface area contributed by atoms with Crippen molar-refractivity contribution < 1.29 is 4.79 Å². The summed E-state index contributed by atoms with van der Waals surface area (Å²) in [4.78, 5) is 11.0. The molecule has 0 unspecified atom stereocenters. The summed E-state index contributed by atoms with van der Waals surface area (Å²) >= 11 is 0. The average Bonchev–Trinajstić information content (AvgIpc) is 2.43. The van der Waals surface area contributed by atoms with E-state index < -0.39 is 0 Å². The lowest BCUT2D eigenvalue weighted by Gasteiger charge is -2.16. The summed E-state index contributed by atoms with van der Waals surface area (Å²) in [7, 11) is 7.28. The Morgan fingerprint density at radius 1 is 1.50 bits per heavy atom. The SMILES string of the molecule is [B]/C(C)=C/C=C(/NC)C(=C)/C(NCCN)=C(/C#N)C=O. The highest BCUT2D eigenvalue weighted by Gasteiger charge is 2.12. The first-order valence-electron chi connectivity index (χ1n) is 6.06. The molecule has 104 valence electrons. The lowest BCUT2D eigenvalue weighted by Crippen LogP contribution is -2.26. The Morgan fingerprint density at radius 3 is 2.55 bits per heavy atom. The van der Waals surface area contributed by atoms with E-state index in [9.17, 15) is 4.79 Å². The van der Waals surface area contributed by atoms with E-state index >= 15 is 0 Å². The highest BCUT2D eigenvalue weighted by atomic mass is 16.1. The molecule has 0 aromatic heterocycles. The van der Waals surface area contributed by atoms with Crippen LogP contribution in [0.25, 0.3) is 0 Å². The minimum atomic E-state index is -0.0296. The summed E-state index contributed by atoms with van der Waals surface area (Å²) < 4.78 is 0. The maximum Gasteiger partial charge on any atom is 0.162 e. The molecule has 4 N–H and O–H groups in total. The summed E-state index contributed by atoms with van der Waals surface area (Å²) in [5.74, 6) is 0. The molecule has 2 radical (unpaired) electrons. The molecular formula is C14H19BN4O. The molecule has 0 aromatic rings. The molecule has 0 saturated carbocycles. The number of allylic oxidation sites excluding steroid dienone is 4. The van der Waals surface area contributed by atoms with Gasteiger partial charge in [-0.25, -0.2) is 0 Å². The largest absolute Gasteiger partial charge is 0.388 e. The normalized spacial score (nSPS) is 13.1. The van der Waals surface area contributed by atoms with Crippen LogP contribution in [-0.2, 0) is 4.79 Å². The Hall–Kier alpha value is -2.26. The van der Waals surface area contributed by atoms with Crippen LogP contribution < -0.4 is 16.4 Å². The molecule has 5 nitrogen and oxygen atoms in total. The minimum absolute atomic E-state index is 0.0296. The van der Waals surface area contributed by atoms with Crippen LogP contribution in [0, 0.1) is 11.3 Å². The third-order valence-corrected chi connectivity index (χ3v) is 2.36. The zero-order chi connectivity index (χ0) is 15.5. The number of nitriles is 1. The van der Waals surface area contributed by atoms with Crippen LogP contribution in [0.15, 0.2) is 46.7 Å². The van der Waals surface area contributed by atoms with Crippen LogP contribution in [0.3, 0.4) is 0 Å². The first-order valence-corrected chi connectivity index (χ1v) is 6.06. The fourth-order valence-corrected chi connectivity index (χ4v) is 1.39. The third-order valence-electron chi connectivity index (χ3n) is 2.36. The van der Waals surface area contributed by atoms with Gasteiger partial charge in [0.2, 0.25) is 0 Å². The third kappa shape index (κ3) is 5.59. The van der Waals surface area contributed by atoms with Crippen molar-refractivity contribution in [3.05, 3.63) is 46.7 Å². The Bertz CT molecular complexity index is 494. The monoisotopic (exact) mass is 270 g/mol. The van der Waals surface area contributed by atoms with Gasteiger partial charge in [0.25, 0.3) is 0 Å². The van der Waals surface area contributed by atoms with Gasteiger partial charge in [-0.15, -0.1) is 5.47 Å². The second-order valence-corrected chi connectivity index (χ2v) is 3.95. The van der Waals surface area contributed by atoms with Gasteiger partial charge in [-0.1, -0.05) is 19.6 Å². The summed E-state index contributed by atoms with van der Waals surface area (Å²) in [6.45, 7) is 6.45. The second-order valence-electron chi connectivity index (χ2n) is 3.95. The van der Waals surface area contributed by atoms with Crippen LogP contribution in [0.1, 0.15) is 6.92 Å². The molecular weight excluding hydrogens is 251 g/mol. The molecule has 0 rings (SSSR count). The molecule has 6 heteroatoms. The molecule has 0 aliphatic heterocycles. The van der Waals surface area contributed by atoms with Crippen molar-refractivity contribution in [3.8, 4) is 6.07 Å². The number of carbonyl (C=O) groups is 1. The molecule has 0 heterocycles. The number of nitrogens with one attached hydrogen (secondary N) is 2. The summed E-state index contributed by atoms with van der Waals surface area (Å²) in [6, 6.07) is 1.84. The van der Waals surface area contributed by atoms with Gasteiger partial charge in [-0.2, -0.15) is 5.26 Å².